The van der Waals surface area contributed by atoms with Crippen molar-refractivity contribution in [2.45, 2.75) is 58.3 Å². The summed E-state index contributed by atoms with van der Waals surface area (Å²) in [6, 6.07) is 0.320. The smallest absolute Gasteiger partial charge is 0.409 e. The Morgan fingerprint density at radius 2 is 2.18 bits per heavy atom. The molecule has 0 aromatic heterocycles. The molecule has 1 fully saturated rings. The van der Waals surface area contributed by atoms with Gasteiger partial charge in [-0.25, -0.2) is 4.79 Å². The van der Waals surface area contributed by atoms with Crippen molar-refractivity contribution in [3.8, 4) is 0 Å². The molecule has 1 aliphatic heterocycles. The van der Waals surface area contributed by atoms with Crippen molar-refractivity contribution < 1.29 is 14.3 Å². The van der Waals surface area contributed by atoms with Crippen LogP contribution in [-0.4, -0.2) is 41.6 Å². The fraction of sp³-hybridized carbons (Fsp3) is 0.833. The average molecular weight is 242 g/mol. The Kier molecular flexibility index (Phi) is 4.51. The maximum atomic E-state index is 11.6. The van der Waals surface area contributed by atoms with Crippen LogP contribution in [0, 0.1) is 0 Å². The fourth-order valence-electron chi connectivity index (χ4n) is 1.99. The van der Waals surface area contributed by atoms with E-state index < -0.39 is 17.9 Å². The zero-order chi connectivity index (χ0) is 13.1. The summed E-state index contributed by atoms with van der Waals surface area (Å²) in [6.07, 6.45) is 1.74. The number of ether oxygens (including phenoxy) is 1. The van der Waals surface area contributed by atoms with Gasteiger partial charge in [-0.1, -0.05) is 0 Å². The van der Waals surface area contributed by atoms with Gasteiger partial charge in [-0.05, 0) is 40.5 Å². The Morgan fingerprint density at radius 3 is 2.59 bits per heavy atom. The lowest BCUT2D eigenvalue weighted by molar-refractivity contribution is -0.113. The standard InChI is InChI=1S/C12H22N2O3/c1-9-6-5-7-14(9)10(8-15)13-11(16)17-12(2,3)4/h8-10H,5-7H2,1-4H3,(H,13,16). The average Bonchev–Trinajstić information content (AvgIpc) is 2.58. The van der Waals surface area contributed by atoms with Crippen molar-refractivity contribution in [3.63, 3.8) is 0 Å². The number of carbonyl (C=O) groups excluding carboxylic acids is 2. The molecule has 0 radical (unpaired) electrons. The molecular weight excluding hydrogens is 220 g/mol. The number of nitrogens with zero attached hydrogens (tertiary/aromatic N) is 1. The van der Waals surface area contributed by atoms with Gasteiger partial charge >= 0.3 is 6.09 Å². The number of hydrogen-bond donors (Lipinski definition) is 1. The number of amides is 1. The van der Waals surface area contributed by atoms with E-state index in [1.165, 1.54) is 0 Å². The van der Waals surface area contributed by atoms with E-state index >= 15 is 0 Å². The highest BCUT2D eigenvalue weighted by molar-refractivity contribution is 5.73. The van der Waals surface area contributed by atoms with Crippen LogP contribution in [0.3, 0.4) is 0 Å². The van der Waals surface area contributed by atoms with E-state index in [9.17, 15) is 9.59 Å². The molecule has 1 rings (SSSR count). The number of nitrogens with one attached hydrogen (secondary N) is 1. The summed E-state index contributed by atoms with van der Waals surface area (Å²) < 4.78 is 5.13. The summed E-state index contributed by atoms with van der Waals surface area (Å²) in [4.78, 5) is 24.6. The van der Waals surface area contributed by atoms with Crippen molar-refractivity contribution in [2.24, 2.45) is 0 Å². The molecule has 2 unspecified atom stereocenters. The molecule has 1 N–H and O–H groups in total. The van der Waals surface area contributed by atoms with Crippen LogP contribution in [0.25, 0.3) is 0 Å². The second-order valence-electron chi connectivity index (χ2n) is 5.46. The molecule has 0 bridgehead atoms. The third kappa shape index (κ3) is 4.34. The molecule has 2 atom stereocenters. The molecule has 0 aromatic carbocycles. The molecule has 0 aliphatic carbocycles. The van der Waals surface area contributed by atoms with Crippen LogP contribution in [0.15, 0.2) is 0 Å². The molecule has 98 valence electrons. The first-order valence-electron chi connectivity index (χ1n) is 6.04. The van der Waals surface area contributed by atoms with Gasteiger partial charge in [0.1, 0.15) is 11.8 Å². The molecular formula is C12H22N2O3. The maximum Gasteiger partial charge on any atom is 0.409 e. The van der Waals surface area contributed by atoms with Gasteiger partial charge in [0, 0.05) is 12.6 Å². The molecule has 5 heteroatoms. The minimum Gasteiger partial charge on any atom is -0.444 e. The summed E-state index contributed by atoms with van der Waals surface area (Å²) in [7, 11) is 0. The van der Waals surface area contributed by atoms with E-state index in [1.54, 1.807) is 20.8 Å². The molecule has 17 heavy (non-hydrogen) atoms. The molecule has 1 amide bonds. The summed E-state index contributed by atoms with van der Waals surface area (Å²) >= 11 is 0. The van der Waals surface area contributed by atoms with Gasteiger partial charge in [-0.15, -0.1) is 0 Å². The zero-order valence-electron chi connectivity index (χ0n) is 11.0. The van der Waals surface area contributed by atoms with Crippen LogP contribution < -0.4 is 5.32 Å². The van der Waals surface area contributed by atoms with Crippen LogP contribution in [0.1, 0.15) is 40.5 Å². The van der Waals surface area contributed by atoms with E-state index in [-0.39, 0.29) is 0 Å². The van der Waals surface area contributed by atoms with E-state index in [1.807, 2.05) is 4.90 Å². The van der Waals surface area contributed by atoms with Crippen LogP contribution in [0.5, 0.6) is 0 Å². The van der Waals surface area contributed by atoms with Crippen molar-refractivity contribution in [2.75, 3.05) is 6.54 Å². The van der Waals surface area contributed by atoms with E-state index in [0.29, 0.717) is 6.04 Å². The zero-order valence-corrected chi connectivity index (χ0v) is 11.0. The van der Waals surface area contributed by atoms with Crippen molar-refractivity contribution in [1.82, 2.24) is 10.2 Å². The highest BCUT2D eigenvalue weighted by atomic mass is 16.6. The Labute approximate surface area is 102 Å². The number of aldehydes is 1. The summed E-state index contributed by atoms with van der Waals surface area (Å²) in [6.45, 7) is 8.27. The van der Waals surface area contributed by atoms with Gasteiger partial charge in [-0.2, -0.15) is 0 Å². The highest BCUT2D eigenvalue weighted by Gasteiger charge is 2.29. The number of rotatable bonds is 3. The lowest BCUT2D eigenvalue weighted by atomic mass is 10.2. The summed E-state index contributed by atoms with van der Waals surface area (Å²) in [5.74, 6) is 0. The predicted molar refractivity (Wildman–Crippen MR) is 64.6 cm³/mol. The first-order chi connectivity index (χ1) is 7.83. The van der Waals surface area contributed by atoms with Gasteiger partial charge in [0.05, 0.1) is 0 Å². The van der Waals surface area contributed by atoms with Crippen molar-refractivity contribution in [3.05, 3.63) is 0 Å². The third-order valence-corrected chi connectivity index (χ3v) is 2.76. The number of likely N-dealkylation sites (tertiary alicyclic amines) is 1. The predicted octanol–water partition coefficient (Wildman–Crippen LogP) is 1.52. The first kappa shape index (κ1) is 14.0. The Bertz CT molecular complexity index is 286. The molecule has 0 aromatic rings. The fourth-order valence-corrected chi connectivity index (χ4v) is 1.99. The number of hydrogen-bond acceptors (Lipinski definition) is 4. The lowest BCUT2D eigenvalue weighted by Crippen LogP contribution is -2.51. The molecule has 1 saturated heterocycles. The van der Waals surface area contributed by atoms with Gasteiger partial charge in [0.25, 0.3) is 0 Å². The van der Waals surface area contributed by atoms with Crippen LogP contribution in [-0.2, 0) is 9.53 Å². The van der Waals surface area contributed by atoms with Crippen molar-refractivity contribution in [1.29, 1.82) is 0 Å². The van der Waals surface area contributed by atoms with Gasteiger partial charge in [0.15, 0.2) is 6.29 Å². The van der Waals surface area contributed by atoms with Crippen LogP contribution >= 0.6 is 0 Å². The summed E-state index contributed by atoms with van der Waals surface area (Å²) in [5, 5.41) is 2.59. The molecule has 1 heterocycles. The number of alkyl carbamates (subject to hydrolysis) is 1. The van der Waals surface area contributed by atoms with E-state index in [0.717, 1.165) is 25.7 Å². The lowest BCUT2D eigenvalue weighted by Gasteiger charge is -2.29. The highest BCUT2D eigenvalue weighted by Crippen LogP contribution is 2.18. The van der Waals surface area contributed by atoms with E-state index in [4.69, 9.17) is 4.74 Å². The molecule has 0 saturated carbocycles. The SMILES string of the molecule is CC1CCCN1C(C=O)NC(=O)OC(C)(C)C. The topological polar surface area (TPSA) is 58.6 Å². The monoisotopic (exact) mass is 242 g/mol. The van der Waals surface area contributed by atoms with Gasteiger partial charge in [-0.3, -0.25) is 15.0 Å². The van der Waals surface area contributed by atoms with Crippen LogP contribution in [0.4, 0.5) is 4.79 Å². The van der Waals surface area contributed by atoms with Crippen molar-refractivity contribution >= 4 is 12.4 Å². The largest absolute Gasteiger partial charge is 0.444 e. The molecule has 0 spiro atoms. The maximum absolute atomic E-state index is 11.6. The third-order valence-electron chi connectivity index (χ3n) is 2.76. The summed E-state index contributed by atoms with van der Waals surface area (Å²) in [5.41, 5.74) is -0.547. The van der Waals surface area contributed by atoms with Gasteiger partial charge < -0.3 is 4.74 Å². The van der Waals surface area contributed by atoms with Crippen LogP contribution in [0.2, 0.25) is 0 Å². The van der Waals surface area contributed by atoms with E-state index in [2.05, 4.69) is 12.2 Å². The second kappa shape index (κ2) is 5.49. The first-order valence-corrected chi connectivity index (χ1v) is 6.04. The Morgan fingerprint density at radius 1 is 1.53 bits per heavy atom. The Balaban J connectivity index is 2.52. The molecule has 5 nitrogen and oxygen atoms in total. The quantitative estimate of drug-likeness (QED) is 0.762. The minimum atomic E-state index is -0.581. The van der Waals surface area contributed by atoms with Gasteiger partial charge in [0.2, 0.25) is 0 Å². The molecule has 1 aliphatic rings. The Hall–Kier alpha value is -1.10. The normalized spacial score (nSPS) is 23.2. The number of carbonyl (C=O) groups is 2. The second-order valence-corrected chi connectivity index (χ2v) is 5.46. The minimum absolute atomic E-state index is 0.320.